The number of carbonyl (C=O) groups is 2. The zero-order valence-electron chi connectivity index (χ0n) is 16.1. The monoisotopic (exact) mass is 418 g/mol. The molecule has 29 heavy (non-hydrogen) atoms. The van der Waals surface area contributed by atoms with Gasteiger partial charge >= 0.3 is 0 Å². The molecule has 2 aromatic carbocycles. The molecule has 2 aromatic rings. The average Bonchev–Trinajstić information content (AvgIpc) is 2.70. The molecule has 1 fully saturated rings. The first-order chi connectivity index (χ1) is 13.9. The summed E-state index contributed by atoms with van der Waals surface area (Å²) in [5, 5.41) is 5.30. The quantitative estimate of drug-likeness (QED) is 0.752. The third-order valence-electron chi connectivity index (χ3n) is 4.57. The highest BCUT2D eigenvalue weighted by atomic mass is 32.2. The number of amides is 2. The summed E-state index contributed by atoms with van der Waals surface area (Å²) in [7, 11) is -1.02. The van der Waals surface area contributed by atoms with E-state index in [1.165, 1.54) is 19.1 Å². The van der Waals surface area contributed by atoms with Crippen molar-refractivity contribution in [2.75, 3.05) is 23.8 Å². The van der Waals surface area contributed by atoms with Gasteiger partial charge in [0.2, 0.25) is 5.91 Å². The molecule has 0 radical (unpaired) electrons. The third kappa shape index (κ3) is 5.95. The summed E-state index contributed by atoms with van der Waals surface area (Å²) in [5.41, 5.74) is 1.48. The van der Waals surface area contributed by atoms with Crippen LogP contribution in [0.4, 0.5) is 15.8 Å². The van der Waals surface area contributed by atoms with Crippen LogP contribution in [0.15, 0.2) is 42.5 Å². The molecule has 2 amide bonds. The minimum atomic E-state index is -1.02. The SMILES string of the molecule is CC(=O)Nc1ccc(F)c(C(=O)Nc2cccc(CS(=O)C3CCOCC3)c2)c1. The molecule has 0 bridgehead atoms. The first kappa shape index (κ1) is 21.1. The van der Waals surface area contributed by atoms with Crippen molar-refractivity contribution < 1.29 is 22.9 Å². The van der Waals surface area contributed by atoms with Crippen molar-refractivity contribution >= 4 is 34.0 Å². The van der Waals surface area contributed by atoms with E-state index in [1.807, 2.05) is 6.07 Å². The Kier molecular flexibility index (Phi) is 7.11. The van der Waals surface area contributed by atoms with Gasteiger partial charge in [-0.2, -0.15) is 0 Å². The molecular formula is C21H23FN2O4S. The Labute approximate surface area is 171 Å². The normalized spacial score (nSPS) is 15.5. The lowest BCUT2D eigenvalue weighted by atomic mass is 10.1. The summed E-state index contributed by atoms with van der Waals surface area (Å²) >= 11 is 0. The predicted molar refractivity (Wildman–Crippen MR) is 111 cm³/mol. The van der Waals surface area contributed by atoms with Gasteiger partial charge < -0.3 is 15.4 Å². The summed E-state index contributed by atoms with van der Waals surface area (Å²) in [4.78, 5) is 23.7. The molecule has 154 valence electrons. The van der Waals surface area contributed by atoms with Crippen molar-refractivity contribution in [1.29, 1.82) is 0 Å². The van der Waals surface area contributed by atoms with Crippen LogP contribution in [0.1, 0.15) is 35.7 Å². The number of rotatable bonds is 6. The number of nitrogens with one attached hydrogen (secondary N) is 2. The van der Waals surface area contributed by atoms with E-state index >= 15 is 0 Å². The highest BCUT2D eigenvalue weighted by Gasteiger charge is 2.20. The van der Waals surface area contributed by atoms with E-state index in [1.54, 1.807) is 18.2 Å². The highest BCUT2D eigenvalue weighted by Crippen LogP contribution is 2.20. The summed E-state index contributed by atoms with van der Waals surface area (Å²) in [6, 6.07) is 10.9. The molecule has 6 nitrogen and oxygen atoms in total. The van der Waals surface area contributed by atoms with Crippen LogP contribution in [-0.4, -0.2) is 34.5 Å². The average molecular weight is 418 g/mol. The van der Waals surface area contributed by atoms with Gasteiger partial charge in [-0.25, -0.2) is 4.39 Å². The maximum atomic E-state index is 14.1. The van der Waals surface area contributed by atoms with E-state index in [4.69, 9.17) is 4.74 Å². The van der Waals surface area contributed by atoms with Gasteiger partial charge in [-0.15, -0.1) is 0 Å². The molecule has 0 saturated carbocycles. The van der Waals surface area contributed by atoms with Gasteiger partial charge in [0.05, 0.1) is 5.56 Å². The number of hydrogen-bond acceptors (Lipinski definition) is 4. The van der Waals surface area contributed by atoms with Crippen LogP contribution in [0, 0.1) is 5.82 Å². The molecule has 0 aliphatic carbocycles. The number of carbonyl (C=O) groups excluding carboxylic acids is 2. The largest absolute Gasteiger partial charge is 0.381 e. The van der Waals surface area contributed by atoms with Gasteiger partial charge in [0.25, 0.3) is 5.91 Å². The predicted octanol–water partition coefficient (Wildman–Crippen LogP) is 3.46. The van der Waals surface area contributed by atoms with Crippen molar-refractivity contribution in [2.45, 2.75) is 30.8 Å². The first-order valence-corrected chi connectivity index (χ1v) is 10.7. The number of anilines is 2. The zero-order valence-corrected chi connectivity index (χ0v) is 16.9. The van der Waals surface area contributed by atoms with Crippen molar-refractivity contribution in [3.05, 3.63) is 59.4 Å². The second-order valence-corrected chi connectivity index (χ2v) is 8.58. The second-order valence-electron chi connectivity index (χ2n) is 6.87. The molecule has 1 unspecified atom stereocenters. The van der Waals surface area contributed by atoms with E-state index in [0.29, 0.717) is 30.3 Å². The lowest BCUT2D eigenvalue weighted by Crippen LogP contribution is -2.25. The minimum absolute atomic E-state index is 0.118. The van der Waals surface area contributed by atoms with Gasteiger partial charge in [-0.3, -0.25) is 13.8 Å². The molecule has 3 rings (SSSR count). The van der Waals surface area contributed by atoms with E-state index in [9.17, 15) is 18.2 Å². The van der Waals surface area contributed by atoms with E-state index in [2.05, 4.69) is 10.6 Å². The molecule has 0 aromatic heterocycles. The second kappa shape index (κ2) is 9.76. The van der Waals surface area contributed by atoms with Crippen LogP contribution in [0.3, 0.4) is 0 Å². The Hall–Kier alpha value is -2.58. The topological polar surface area (TPSA) is 84.5 Å². The van der Waals surface area contributed by atoms with Crippen molar-refractivity contribution in [3.63, 3.8) is 0 Å². The fraction of sp³-hybridized carbons (Fsp3) is 0.333. The maximum Gasteiger partial charge on any atom is 0.258 e. The van der Waals surface area contributed by atoms with Gasteiger partial charge in [0.15, 0.2) is 0 Å². The van der Waals surface area contributed by atoms with Crippen LogP contribution in [0.5, 0.6) is 0 Å². The Morgan fingerprint density at radius 3 is 2.55 bits per heavy atom. The number of halogens is 1. The van der Waals surface area contributed by atoms with Crippen molar-refractivity contribution in [2.24, 2.45) is 0 Å². The van der Waals surface area contributed by atoms with Gasteiger partial charge in [-0.05, 0) is 48.7 Å². The molecule has 1 aliphatic rings. The zero-order chi connectivity index (χ0) is 20.8. The molecule has 1 heterocycles. The smallest absolute Gasteiger partial charge is 0.258 e. The molecule has 0 spiro atoms. The van der Waals surface area contributed by atoms with E-state index in [-0.39, 0.29) is 16.7 Å². The van der Waals surface area contributed by atoms with Crippen LogP contribution in [0.2, 0.25) is 0 Å². The van der Waals surface area contributed by atoms with Crippen LogP contribution >= 0.6 is 0 Å². The molecule has 1 aliphatic heterocycles. The standard InChI is InChI=1S/C21H23FN2O4S/c1-14(25)23-17-5-6-20(22)19(12-17)21(26)24-16-4-2-3-15(11-16)13-29(27)18-7-9-28-10-8-18/h2-6,11-12,18H,7-10,13H2,1H3,(H,23,25)(H,24,26). The molecule has 1 saturated heterocycles. The van der Waals surface area contributed by atoms with Gasteiger partial charge in [0.1, 0.15) is 5.82 Å². The number of ether oxygens (including phenoxy) is 1. The van der Waals surface area contributed by atoms with E-state index in [0.717, 1.165) is 24.5 Å². The summed E-state index contributed by atoms with van der Waals surface area (Å²) < 4.78 is 32.0. The lowest BCUT2D eigenvalue weighted by Gasteiger charge is -2.21. The fourth-order valence-corrected chi connectivity index (χ4v) is 4.60. The molecule has 8 heteroatoms. The third-order valence-corrected chi connectivity index (χ3v) is 6.40. The maximum absolute atomic E-state index is 14.1. The van der Waals surface area contributed by atoms with Crippen molar-refractivity contribution in [3.8, 4) is 0 Å². The Morgan fingerprint density at radius 2 is 1.83 bits per heavy atom. The highest BCUT2D eigenvalue weighted by molar-refractivity contribution is 7.84. The molecular weight excluding hydrogens is 395 g/mol. The first-order valence-electron chi connectivity index (χ1n) is 9.35. The van der Waals surface area contributed by atoms with Gasteiger partial charge in [-0.1, -0.05) is 12.1 Å². The Bertz CT molecular complexity index is 929. The summed E-state index contributed by atoms with van der Waals surface area (Å²) in [6.45, 7) is 2.60. The summed E-state index contributed by atoms with van der Waals surface area (Å²) in [6.07, 6.45) is 1.57. The van der Waals surface area contributed by atoms with E-state index < -0.39 is 22.5 Å². The minimum Gasteiger partial charge on any atom is -0.381 e. The Balaban J connectivity index is 1.69. The molecule has 2 N–H and O–H groups in total. The summed E-state index contributed by atoms with van der Waals surface area (Å²) in [5.74, 6) is -1.24. The van der Waals surface area contributed by atoms with Crippen LogP contribution in [-0.2, 0) is 26.1 Å². The van der Waals surface area contributed by atoms with Crippen LogP contribution in [0.25, 0.3) is 0 Å². The Morgan fingerprint density at radius 1 is 1.10 bits per heavy atom. The fourth-order valence-electron chi connectivity index (χ4n) is 3.14. The number of benzene rings is 2. The van der Waals surface area contributed by atoms with Crippen molar-refractivity contribution in [1.82, 2.24) is 0 Å². The van der Waals surface area contributed by atoms with Crippen LogP contribution < -0.4 is 10.6 Å². The number of hydrogen-bond donors (Lipinski definition) is 2. The molecule has 1 atom stereocenters. The lowest BCUT2D eigenvalue weighted by molar-refractivity contribution is -0.114. The van der Waals surface area contributed by atoms with Gasteiger partial charge in [0, 0.05) is 53.3 Å².